The molecule has 80 valence electrons. The molecule has 0 atom stereocenters. The maximum absolute atomic E-state index is 5.26. The fourth-order valence-electron chi connectivity index (χ4n) is 2.36. The van der Waals surface area contributed by atoms with E-state index in [1.54, 1.807) is 7.11 Å². The highest BCUT2D eigenvalue weighted by atomic mass is 16.5. The number of nitrogens with one attached hydrogen (secondary N) is 1. The van der Waals surface area contributed by atoms with Gasteiger partial charge in [-0.05, 0) is 25.0 Å². The standard InChI is InChI=1S/C12H16N2O/c1-14-11-7-9(15-2)3-4-10(11)13-8-12(14)5-6-12/h3-4,7,13H,5-6,8H2,1-2H3. The van der Waals surface area contributed by atoms with Crippen molar-refractivity contribution in [2.45, 2.75) is 18.4 Å². The summed E-state index contributed by atoms with van der Waals surface area (Å²) in [5, 5.41) is 3.50. The first-order chi connectivity index (χ1) is 7.25. The molecular formula is C12H16N2O. The molecule has 3 heteroatoms. The van der Waals surface area contributed by atoms with Crippen molar-refractivity contribution in [2.24, 2.45) is 0 Å². The fourth-order valence-corrected chi connectivity index (χ4v) is 2.36. The molecule has 0 aromatic heterocycles. The number of likely N-dealkylation sites (N-methyl/N-ethyl adjacent to an activating group) is 1. The number of methoxy groups -OCH3 is 1. The van der Waals surface area contributed by atoms with E-state index in [-0.39, 0.29) is 0 Å². The van der Waals surface area contributed by atoms with Crippen molar-refractivity contribution in [3.8, 4) is 5.75 Å². The van der Waals surface area contributed by atoms with Crippen LogP contribution in [0, 0.1) is 0 Å². The topological polar surface area (TPSA) is 24.5 Å². The Morgan fingerprint density at radius 3 is 2.87 bits per heavy atom. The number of hydrogen-bond donors (Lipinski definition) is 1. The second-order valence-corrected chi connectivity index (χ2v) is 4.52. The van der Waals surface area contributed by atoms with Crippen LogP contribution in [-0.2, 0) is 0 Å². The van der Waals surface area contributed by atoms with Crippen molar-refractivity contribution >= 4 is 11.4 Å². The number of nitrogens with zero attached hydrogens (tertiary/aromatic N) is 1. The van der Waals surface area contributed by atoms with E-state index in [1.807, 2.05) is 6.07 Å². The first-order valence-electron chi connectivity index (χ1n) is 5.41. The van der Waals surface area contributed by atoms with Crippen LogP contribution in [-0.4, -0.2) is 26.2 Å². The molecule has 0 bridgehead atoms. The third kappa shape index (κ3) is 1.19. The molecule has 1 aromatic rings. The predicted molar refractivity (Wildman–Crippen MR) is 61.9 cm³/mol. The molecule has 2 aliphatic rings. The van der Waals surface area contributed by atoms with Crippen LogP contribution in [0.3, 0.4) is 0 Å². The van der Waals surface area contributed by atoms with Crippen LogP contribution in [0.1, 0.15) is 12.8 Å². The lowest BCUT2D eigenvalue weighted by atomic mass is 10.1. The van der Waals surface area contributed by atoms with Crippen LogP contribution in [0.4, 0.5) is 11.4 Å². The zero-order valence-electron chi connectivity index (χ0n) is 9.21. The van der Waals surface area contributed by atoms with Crippen LogP contribution < -0.4 is 15.0 Å². The van der Waals surface area contributed by atoms with Gasteiger partial charge in [0.1, 0.15) is 5.75 Å². The Morgan fingerprint density at radius 2 is 2.20 bits per heavy atom. The Bertz CT molecular complexity index is 399. The molecule has 1 heterocycles. The predicted octanol–water partition coefficient (Wildman–Crippen LogP) is 2.09. The molecule has 15 heavy (non-hydrogen) atoms. The Hall–Kier alpha value is -1.38. The smallest absolute Gasteiger partial charge is 0.121 e. The maximum Gasteiger partial charge on any atom is 0.121 e. The molecule has 0 saturated heterocycles. The van der Waals surface area contributed by atoms with Gasteiger partial charge in [-0.1, -0.05) is 0 Å². The van der Waals surface area contributed by atoms with Gasteiger partial charge in [0, 0.05) is 19.7 Å². The SMILES string of the molecule is COc1ccc2c(c1)N(C)C1(CC1)CN2. The maximum atomic E-state index is 5.26. The van der Waals surface area contributed by atoms with E-state index in [9.17, 15) is 0 Å². The minimum absolute atomic E-state index is 0.388. The van der Waals surface area contributed by atoms with E-state index in [0.29, 0.717) is 5.54 Å². The van der Waals surface area contributed by atoms with Crippen molar-refractivity contribution in [1.82, 2.24) is 0 Å². The number of hydrogen-bond acceptors (Lipinski definition) is 3. The van der Waals surface area contributed by atoms with Crippen molar-refractivity contribution < 1.29 is 4.74 Å². The van der Waals surface area contributed by atoms with Gasteiger partial charge in [-0.2, -0.15) is 0 Å². The molecule has 1 saturated carbocycles. The Labute approximate surface area is 90.0 Å². The molecule has 0 unspecified atom stereocenters. The minimum Gasteiger partial charge on any atom is -0.497 e. The van der Waals surface area contributed by atoms with Crippen molar-refractivity contribution in [2.75, 3.05) is 30.9 Å². The van der Waals surface area contributed by atoms with Gasteiger partial charge in [0.2, 0.25) is 0 Å². The number of rotatable bonds is 1. The molecule has 1 aromatic carbocycles. The lowest BCUT2D eigenvalue weighted by Crippen LogP contribution is -2.43. The fraction of sp³-hybridized carbons (Fsp3) is 0.500. The van der Waals surface area contributed by atoms with E-state index in [4.69, 9.17) is 4.74 Å². The van der Waals surface area contributed by atoms with Crippen LogP contribution in [0.5, 0.6) is 5.75 Å². The Morgan fingerprint density at radius 1 is 1.40 bits per heavy atom. The molecule has 1 aliphatic heterocycles. The summed E-state index contributed by atoms with van der Waals surface area (Å²) in [6, 6.07) is 6.21. The molecular weight excluding hydrogens is 188 g/mol. The van der Waals surface area contributed by atoms with Gasteiger partial charge in [0.05, 0.1) is 24.0 Å². The van der Waals surface area contributed by atoms with Crippen LogP contribution in [0.2, 0.25) is 0 Å². The molecule has 0 amide bonds. The first-order valence-corrected chi connectivity index (χ1v) is 5.41. The zero-order chi connectivity index (χ0) is 10.5. The van der Waals surface area contributed by atoms with E-state index < -0.39 is 0 Å². The van der Waals surface area contributed by atoms with E-state index in [2.05, 4.69) is 29.4 Å². The molecule has 1 aliphatic carbocycles. The van der Waals surface area contributed by atoms with Gasteiger partial charge in [-0.15, -0.1) is 0 Å². The number of anilines is 2. The van der Waals surface area contributed by atoms with E-state index >= 15 is 0 Å². The van der Waals surface area contributed by atoms with Gasteiger partial charge >= 0.3 is 0 Å². The second kappa shape index (κ2) is 2.81. The lowest BCUT2D eigenvalue weighted by molar-refractivity contribution is 0.414. The average molecular weight is 204 g/mol. The summed E-state index contributed by atoms with van der Waals surface area (Å²) in [5.41, 5.74) is 2.87. The minimum atomic E-state index is 0.388. The summed E-state index contributed by atoms with van der Waals surface area (Å²) in [6.45, 7) is 1.07. The molecule has 3 rings (SSSR count). The van der Waals surface area contributed by atoms with Crippen molar-refractivity contribution in [1.29, 1.82) is 0 Å². The van der Waals surface area contributed by atoms with Crippen molar-refractivity contribution in [3.63, 3.8) is 0 Å². The highest BCUT2D eigenvalue weighted by molar-refractivity contribution is 5.76. The van der Waals surface area contributed by atoms with Gasteiger partial charge in [-0.3, -0.25) is 0 Å². The molecule has 1 fully saturated rings. The van der Waals surface area contributed by atoms with Gasteiger partial charge in [-0.25, -0.2) is 0 Å². The summed E-state index contributed by atoms with van der Waals surface area (Å²) in [5.74, 6) is 0.931. The number of fused-ring (bicyclic) bond motifs is 1. The molecule has 1 spiro atoms. The van der Waals surface area contributed by atoms with E-state index in [0.717, 1.165) is 12.3 Å². The number of benzene rings is 1. The van der Waals surface area contributed by atoms with Crippen LogP contribution in [0.15, 0.2) is 18.2 Å². The number of ether oxygens (including phenoxy) is 1. The third-order valence-corrected chi connectivity index (χ3v) is 3.71. The molecule has 1 N–H and O–H groups in total. The van der Waals surface area contributed by atoms with Crippen LogP contribution in [0.25, 0.3) is 0 Å². The highest BCUT2D eigenvalue weighted by Gasteiger charge is 2.48. The van der Waals surface area contributed by atoms with Crippen LogP contribution >= 0.6 is 0 Å². The van der Waals surface area contributed by atoms with Gasteiger partial charge < -0.3 is 15.0 Å². The van der Waals surface area contributed by atoms with Gasteiger partial charge in [0.15, 0.2) is 0 Å². The second-order valence-electron chi connectivity index (χ2n) is 4.52. The Balaban J connectivity index is 2.04. The quantitative estimate of drug-likeness (QED) is 0.758. The Kier molecular flexibility index (Phi) is 1.67. The summed E-state index contributed by atoms with van der Waals surface area (Å²) < 4.78 is 5.26. The lowest BCUT2D eigenvalue weighted by Gasteiger charge is -2.37. The van der Waals surface area contributed by atoms with Crippen molar-refractivity contribution in [3.05, 3.63) is 18.2 Å². The average Bonchev–Trinajstić information content (AvgIpc) is 3.05. The largest absolute Gasteiger partial charge is 0.497 e. The summed E-state index contributed by atoms with van der Waals surface area (Å²) >= 11 is 0. The summed E-state index contributed by atoms with van der Waals surface area (Å²) in [7, 11) is 3.90. The third-order valence-electron chi connectivity index (χ3n) is 3.71. The molecule has 3 nitrogen and oxygen atoms in total. The zero-order valence-corrected chi connectivity index (χ0v) is 9.21. The van der Waals surface area contributed by atoms with E-state index in [1.165, 1.54) is 24.2 Å². The van der Waals surface area contributed by atoms with Gasteiger partial charge in [0.25, 0.3) is 0 Å². The summed E-state index contributed by atoms with van der Waals surface area (Å²) in [6.07, 6.45) is 2.60. The highest BCUT2D eigenvalue weighted by Crippen LogP contribution is 2.48. The normalized spacial score (nSPS) is 20.8. The monoisotopic (exact) mass is 204 g/mol. The first kappa shape index (κ1) is 8.89. The molecule has 0 radical (unpaired) electrons. The summed E-state index contributed by atoms with van der Waals surface area (Å²) in [4.78, 5) is 2.40.